The van der Waals surface area contributed by atoms with E-state index in [9.17, 15) is 5.11 Å². The highest BCUT2D eigenvalue weighted by molar-refractivity contribution is 5.29. The Labute approximate surface area is 79.2 Å². The number of aliphatic hydroxyl groups excluding tert-OH is 1. The van der Waals surface area contributed by atoms with Crippen LogP contribution in [0.3, 0.4) is 0 Å². The number of aliphatic hydroxyl groups is 1. The van der Waals surface area contributed by atoms with Gasteiger partial charge in [-0.3, -0.25) is 0 Å². The first-order chi connectivity index (χ1) is 6.27. The molecule has 72 valence electrons. The zero-order valence-electron chi connectivity index (χ0n) is 8.16. The summed E-state index contributed by atoms with van der Waals surface area (Å²) in [5, 5.41) is 9.68. The minimum atomic E-state index is -0.361. The van der Waals surface area contributed by atoms with Gasteiger partial charge in [0, 0.05) is 0 Å². The molecule has 0 aliphatic carbocycles. The Bertz CT molecular complexity index is 258. The lowest BCUT2D eigenvalue weighted by Crippen LogP contribution is -1.96. The summed E-state index contributed by atoms with van der Waals surface area (Å²) in [6, 6.07) is 7.57. The predicted molar refractivity (Wildman–Crippen MR) is 52.9 cm³/mol. The smallest absolute Gasteiger partial charge is 0.119 e. The predicted octanol–water partition coefficient (Wildman–Crippen LogP) is 2.53. The largest absolute Gasteiger partial charge is 0.497 e. The van der Waals surface area contributed by atoms with E-state index in [1.807, 2.05) is 24.3 Å². The third-order valence-electron chi connectivity index (χ3n) is 2.04. The van der Waals surface area contributed by atoms with Crippen LogP contribution in [0.1, 0.15) is 31.4 Å². The van der Waals surface area contributed by atoms with Crippen molar-refractivity contribution < 1.29 is 9.84 Å². The number of hydrogen-bond acceptors (Lipinski definition) is 2. The van der Waals surface area contributed by atoms with Crippen LogP contribution in [-0.2, 0) is 0 Å². The fourth-order valence-corrected chi connectivity index (χ4v) is 1.29. The molecule has 0 aliphatic rings. The molecule has 0 aromatic heterocycles. The van der Waals surface area contributed by atoms with Crippen molar-refractivity contribution in [1.29, 1.82) is 0 Å². The maximum absolute atomic E-state index is 9.68. The maximum Gasteiger partial charge on any atom is 0.119 e. The highest BCUT2D eigenvalue weighted by Crippen LogP contribution is 2.21. The monoisotopic (exact) mass is 180 g/mol. The third-order valence-corrected chi connectivity index (χ3v) is 2.04. The Balaban J connectivity index is 2.75. The Hall–Kier alpha value is -1.02. The number of hydrogen-bond donors (Lipinski definition) is 1. The number of rotatable bonds is 4. The van der Waals surface area contributed by atoms with Crippen molar-refractivity contribution in [3.63, 3.8) is 0 Å². The molecule has 0 unspecified atom stereocenters. The van der Waals surface area contributed by atoms with E-state index >= 15 is 0 Å². The summed E-state index contributed by atoms with van der Waals surface area (Å²) in [5.74, 6) is 0.799. The van der Waals surface area contributed by atoms with Gasteiger partial charge in [0.05, 0.1) is 13.2 Å². The van der Waals surface area contributed by atoms with Gasteiger partial charge in [0.1, 0.15) is 5.75 Å². The fraction of sp³-hybridized carbons (Fsp3) is 0.455. The lowest BCUT2D eigenvalue weighted by Gasteiger charge is -2.10. The summed E-state index contributed by atoms with van der Waals surface area (Å²) >= 11 is 0. The van der Waals surface area contributed by atoms with E-state index in [-0.39, 0.29) is 6.10 Å². The Morgan fingerprint density at radius 1 is 1.46 bits per heavy atom. The topological polar surface area (TPSA) is 29.5 Å². The summed E-state index contributed by atoms with van der Waals surface area (Å²) < 4.78 is 5.07. The maximum atomic E-state index is 9.68. The van der Waals surface area contributed by atoms with Gasteiger partial charge in [0.2, 0.25) is 0 Å². The second kappa shape index (κ2) is 4.87. The molecule has 0 bridgehead atoms. The van der Waals surface area contributed by atoms with Gasteiger partial charge in [-0.05, 0) is 24.1 Å². The van der Waals surface area contributed by atoms with Gasteiger partial charge in [-0.25, -0.2) is 0 Å². The van der Waals surface area contributed by atoms with Crippen LogP contribution in [0.4, 0.5) is 0 Å². The Morgan fingerprint density at radius 2 is 2.23 bits per heavy atom. The highest BCUT2D eigenvalue weighted by Gasteiger charge is 2.06. The lowest BCUT2D eigenvalue weighted by molar-refractivity contribution is 0.166. The SMILES string of the molecule is CCC[C@H](O)c1cccc(OC)c1. The zero-order valence-corrected chi connectivity index (χ0v) is 8.16. The van der Waals surface area contributed by atoms with Crippen molar-refractivity contribution in [3.05, 3.63) is 29.8 Å². The van der Waals surface area contributed by atoms with Gasteiger partial charge in [0.15, 0.2) is 0 Å². The van der Waals surface area contributed by atoms with E-state index in [1.54, 1.807) is 7.11 Å². The van der Waals surface area contributed by atoms with Crippen LogP contribution in [-0.4, -0.2) is 12.2 Å². The summed E-state index contributed by atoms with van der Waals surface area (Å²) in [6.45, 7) is 2.06. The van der Waals surface area contributed by atoms with Crippen LogP contribution in [0.15, 0.2) is 24.3 Å². The lowest BCUT2D eigenvalue weighted by atomic mass is 10.1. The molecule has 1 N–H and O–H groups in total. The van der Waals surface area contributed by atoms with Gasteiger partial charge in [-0.2, -0.15) is 0 Å². The molecule has 2 nitrogen and oxygen atoms in total. The molecule has 0 amide bonds. The van der Waals surface area contributed by atoms with E-state index < -0.39 is 0 Å². The summed E-state index contributed by atoms with van der Waals surface area (Å²) in [5.41, 5.74) is 0.932. The molecule has 0 radical (unpaired) electrons. The highest BCUT2D eigenvalue weighted by atomic mass is 16.5. The van der Waals surface area contributed by atoms with E-state index in [0.29, 0.717) is 0 Å². The number of ether oxygens (including phenoxy) is 1. The van der Waals surface area contributed by atoms with Crippen LogP contribution < -0.4 is 4.74 Å². The van der Waals surface area contributed by atoms with Gasteiger partial charge in [-0.15, -0.1) is 0 Å². The van der Waals surface area contributed by atoms with Crippen LogP contribution in [0.25, 0.3) is 0 Å². The molecule has 13 heavy (non-hydrogen) atoms. The average Bonchev–Trinajstić information content (AvgIpc) is 2.18. The Morgan fingerprint density at radius 3 is 2.85 bits per heavy atom. The summed E-state index contributed by atoms with van der Waals surface area (Å²) in [4.78, 5) is 0. The van der Waals surface area contributed by atoms with Crippen molar-refractivity contribution in [1.82, 2.24) is 0 Å². The van der Waals surface area contributed by atoms with Gasteiger partial charge < -0.3 is 9.84 Å². The van der Waals surface area contributed by atoms with Crippen molar-refractivity contribution in [3.8, 4) is 5.75 Å². The molecule has 2 heteroatoms. The van der Waals surface area contributed by atoms with Gasteiger partial charge >= 0.3 is 0 Å². The molecular weight excluding hydrogens is 164 g/mol. The molecule has 0 aliphatic heterocycles. The minimum Gasteiger partial charge on any atom is -0.497 e. The second-order valence-electron chi connectivity index (χ2n) is 3.08. The van der Waals surface area contributed by atoms with Crippen LogP contribution >= 0.6 is 0 Å². The fourth-order valence-electron chi connectivity index (χ4n) is 1.29. The van der Waals surface area contributed by atoms with Crippen LogP contribution in [0.5, 0.6) is 5.75 Å². The van der Waals surface area contributed by atoms with Crippen molar-refractivity contribution in [2.45, 2.75) is 25.9 Å². The van der Waals surface area contributed by atoms with Crippen LogP contribution in [0, 0.1) is 0 Å². The van der Waals surface area contributed by atoms with Crippen molar-refractivity contribution >= 4 is 0 Å². The first-order valence-electron chi connectivity index (χ1n) is 4.60. The molecule has 0 saturated heterocycles. The molecule has 0 fully saturated rings. The normalized spacial score (nSPS) is 12.5. The molecule has 1 rings (SSSR count). The molecular formula is C11H16O2. The summed E-state index contributed by atoms with van der Waals surface area (Å²) in [7, 11) is 1.63. The molecule has 1 atom stereocenters. The zero-order chi connectivity index (χ0) is 9.68. The third kappa shape index (κ3) is 2.74. The van der Waals surface area contributed by atoms with E-state index in [1.165, 1.54) is 0 Å². The minimum absolute atomic E-state index is 0.361. The Kier molecular flexibility index (Phi) is 3.77. The second-order valence-corrected chi connectivity index (χ2v) is 3.08. The van der Waals surface area contributed by atoms with E-state index in [0.717, 1.165) is 24.2 Å². The first kappa shape index (κ1) is 10.1. The van der Waals surface area contributed by atoms with Gasteiger partial charge in [-0.1, -0.05) is 25.5 Å². The van der Waals surface area contributed by atoms with Crippen molar-refractivity contribution in [2.75, 3.05) is 7.11 Å². The molecule has 0 spiro atoms. The first-order valence-corrected chi connectivity index (χ1v) is 4.60. The molecule has 0 saturated carbocycles. The quantitative estimate of drug-likeness (QED) is 0.771. The molecule has 0 heterocycles. The average molecular weight is 180 g/mol. The van der Waals surface area contributed by atoms with E-state index in [2.05, 4.69) is 6.92 Å². The van der Waals surface area contributed by atoms with Crippen molar-refractivity contribution in [2.24, 2.45) is 0 Å². The van der Waals surface area contributed by atoms with Crippen LogP contribution in [0.2, 0.25) is 0 Å². The van der Waals surface area contributed by atoms with Gasteiger partial charge in [0.25, 0.3) is 0 Å². The standard InChI is InChI=1S/C11H16O2/c1-3-5-11(12)9-6-4-7-10(8-9)13-2/h4,6-8,11-12H,3,5H2,1-2H3/t11-/m0/s1. The number of benzene rings is 1. The molecule has 1 aromatic carbocycles. The van der Waals surface area contributed by atoms with E-state index in [4.69, 9.17) is 4.74 Å². The molecule has 1 aromatic rings. The summed E-state index contributed by atoms with van der Waals surface area (Å²) in [6.07, 6.45) is 1.42. The number of methoxy groups -OCH3 is 1.